The van der Waals surface area contributed by atoms with E-state index < -0.39 is 12.1 Å². The molecule has 29 heavy (non-hydrogen) atoms. The van der Waals surface area contributed by atoms with Gasteiger partial charge in [0.05, 0.1) is 23.4 Å². The van der Waals surface area contributed by atoms with Gasteiger partial charge in [-0.25, -0.2) is 4.79 Å². The monoisotopic (exact) mass is 403 g/mol. The van der Waals surface area contributed by atoms with Crippen LogP contribution in [0.2, 0.25) is 5.02 Å². The second-order valence-corrected chi connectivity index (χ2v) is 6.86. The quantitative estimate of drug-likeness (QED) is 0.392. The zero-order valence-electron chi connectivity index (χ0n) is 15.7. The van der Waals surface area contributed by atoms with Crippen LogP contribution in [0.15, 0.2) is 85.1 Å². The molecule has 4 nitrogen and oxygen atoms in total. The number of nitrogens with zero attached hydrogens (tertiary/aromatic N) is 1. The first-order valence-electron chi connectivity index (χ1n) is 9.10. The van der Waals surface area contributed by atoms with E-state index in [-0.39, 0.29) is 0 Å². The summed E-state index contributed by atoms with van der Waals surface area (Å²) in [6.45, 7) is 0. The van der Waals surface area contributed by atoms with Gasteiger partial charge in [0.1, 0.15) is 5.75 Å². The topological polar surface area (TPSA) is 48.4 Å². The number of ether oxygens (including phenoxy) is 2. The van der Waals surface area contributed by atoms with Crippen LogP contribution in [0.3, 0.4) is 0 Å². The Morgan fingerprint density at radius 3 is 2.41 bits per heavy atom. The van der Waals surface area contributed by atoms with Gasteiger partial charge in [0.2, 0.25) is 0 Å². The zero-order chi connectivity index (χ0) is 20.2. The van der Waals surface area contributed by atoms with Crippen molar-refractivity contribution in [3.05, 3.63) is 107 Å². The van der Waals surface area contributed by atoms with Gasteiger partial charge < -0.3 is 9.47 Å². The van der Waals surface area contributed by atoms with Gasteiger partial charge in [0.25, 0.3) is 0 Å². The second kappa shape index (κ2) is 8.33. The van der Waals surface area contributed by atoms with Crippen LogP contribution >= 0.6 is 11.6 Å². The highest BCUT2D eigenvalue weighted by Gasteiger charge is 2.24. The van der Waals surface area contributed by atoms with Gasteiger partial charge in [-0.2, -0.15) is 0 Å². The Bertz CT molecular complexity index is 1150. The summed E-state index contributed by atoms with van der Waals surface area (Å²) in [7, 11) is 1.61. The van der Waals surface area contributed by atoms with Crippen LogP contribution in [0.1, 0.15) is 27.7 Å². The molecular weight excluding hydrogens is 386 g/mol. The SMILES string of the molecule is COc1ccc([C@@H](OC(=O)c2ccccc2Cl)c2nccc3ccccc23)cc1. The van der Waals surface area contributed by atoms with E-state index in [9.17, 15) is 4.79 Å². The summed E-state index contributed by atoms with van der Waals surface area (Å²) in [5.74, 6) is 0.210. The number of carbonyl (C=O) groups is 1. The van der Waals surface area contributed by atoms with Gasteiger partial charge in [-0.15, -0.1) is 0 Å². The number of fused-ring (bicyclic) bond motifs is 1. The molecule has 0 N–H and O–H groups in total. The first kappa shape index (κ1) is 19.0. The number of pyridine rings is 1. The van der Waals surface area contributed by atoms with Crippen LogP contribution in [0.5, 0.6) is 5.75 Å². The maximum atomic E-state index is 12.9. The van der Waals surface area contributed by atoms with Crippen molar-refractivity contribution in [2.45, 2.75) is 6.10 Å². The van der Waals surface area contributed by atoms with Crippen LogP contribution in [0.4, 0.5) is 0 Å². The molecule has 0 aliphatic carbocycles. The lowest BCUT2D eigenvalue weighted by atomic mass is 10.0. The van der Waals surface area contributed by atoms with Crippen molar-refractivity contribution in [2.24, 2.45) is 0 Å². The normalized spacial score (nSPS) is 11.8. The number of halogens is 1. The Kier molecular flexibility index (Phi) is 5.45. The minimum atomic E-state index is -0.698. The van der Waals surface area contributed by atoms with Crippen molar-refractivity contribution in [3.63, 3.8) is 0 Å². The van der Waals surface area contributed by atoms with Gasteiger partial charge >= 0.3 is 5.97 Å². The molecule has 0 radical (unpaired) electrons. The molecule has 0 unspecified atom stereocenters. The van der Waals surface area contributed by atoms with Gasteiger partial charge in [-0.05, 0) is 41.3 Å². The molecule has 0 saturated heterocycles. The van der Waals surface area contributed by atoms with Gasteiger partial charge in [-0.3, -0.25) is 4.98 Å². The van der Waals surface area contributed by atoms with Crippen molar-refractivity contribution in [1.82, 2.24) is 4.98 Å². The van der Waals surface area contributed by atoms with Crippen molar-refractivity contribution >= 4 is 28.3 Å². The molecule has 1 aromatic heterocycles. The van der Waals surface area contributed by atoms with Gasteiger partial charge in [-0.1, -0.05) is 60.1 Å². The average Bonchev–Trinajstić information content (AvgIpc) is 2.77. The number of benzene rings is 3. The molecule has 0 saturated carbocycles. The van der Waals surface area contributed by atoms with Crippen molar-refractivity contribution in [1.29, 1.82) is 0 Å². The summed E-state index contributed by atoms with van der Waals surface area (Å²) in [5, 5.41) is 2.28. The molecule has 0 aliphatic rings. The summed E-state index contributed by atoms with van der Waals surface area (Å²) in [4.78, 5) is 17.5. The third-order valence-corrected chi connectivity index (χ3v) is 5.02. The zero-order valence-corrected chi connectivity index (χ0v) is 16.5. The van der Waals surface area contributed by atoms with E-state index in [1.807, 2.05) is 54.6 Å². The highest BCUT2D eigenvalue weighted by Crippen LogP contribution is 2.32. The van der Waals surface area contributed by atoms with E-state index in [2.05, 4.69) is 4.98 Å². The third kappa shape index (κ3) is 3.93. The largest absolute Gasteiger partial charge is 0.497 e. The Labute approximate surface area is 173 Å². The molecule has 0 spiro atoms. The molecule has 4 rings (SSSR count). The minimum absolute atomic E-state index is 0.313. The van der Waals surface area contributed by atoms with Crippen LogP contribution in [-0.4, -0.2) is 18.1 Å². The maximum Gasteiger partial charge on any atom is 0.340 e. The predicted molar refractivity (Wildman–Crippen MR) is 113 cm³/mol. The summed E-state index contributed by atoms with van der Waals surface area (Å²) in [6.07, 6.45) is 1.02. The number of methoxy groups -OCH3 is 1. The maximum absolute atomic E-state index is 12.9. The number of rotatable bonds is 5. The molecule has 0 fully saturated rings. The van der Waals surface area contributed by atoms with Crippen molar-refractivity contribution < 1.29 is 14.3 Å². The molecular formula is C24H18ClNO3. The Morgan fingerprint density at radius 2 is 1.66 bits per heavy atom. The molecule has 1 heterocycles. The predicted octanol–water partition coefficient (Wildman–Crippen LogP) is 5.84. The highest BCUT2D eigenvalue weighted by molar-refractivity contribution is 6.33. The summed E-state index contributed by atoms with van der Waals surface area (Å²) in [5.41, 5.74) is 1.76. The number of hydrogen-bond acceptors (Lipinski definition) is 4. The van der Waals surface area contributed by atoms with Crippen LogP contribution in [0, 0.1) is 0 Å². The van der Waals surface area contributed by atoms with E-state index in [0.29, 0.717) is 16.3 Å². The third-order valence-electron chi connectivity index (χ3n) is 4.69. The first-order valence-corrected chi connectivity index (χ1v) is 9.48. The Morgan fingerprint density at radius 1 is 0.931 bits per heavy atom. The van der Waals surface area contributed by atoms with E-state index >= 15 is 0 Å². The Balaban J connectivity index is 1.80. The molecule has 0 amide bonds. The average molecular weight is 404 g/mol. The van der Waals surface area contributed by atoms with E-state index in [1.54, 1.807) is 37.6 Å². The lowest BCUT2D eigenvalue weighted by Gasteiger charge is -2.20. The van der Waals surface area contributed by atoms with Gasteiger partial charge in [0, 0.05) is 11.6 Å². The molecule has 4 aromatic rings. The van der Waals surface area contributed by atoms with E-state index in [1.165, 1.54) is 0 Å². The van der Waals surface area contributed by atoms with E-state index in [4.69, 9.17) is 21.1 Å². The second-order valence-electron chi connectivity index (χ2n) is 6.46. The number of esters is 1. The minimum Gasteiger partial charge on any atom is -0.497 e. The molecule has 5 heteroatoms. The van der Waals surface area contributed by atoms with Gasteiger partial charge in [0.15, 0.2) is 6.10 Å². The molecule has 144 valence electrons. The molecule has 0 bridgehead atoms. The lowest BCUT2D eigenvalue weighted by Crippen LogP contribution is -2.15. The van der Waals surface area contributed by atoms with Crippen LogP contribution in [-0.2, 0) is 4.74 Å². The molecule has 3 aromatic carbocycles. The lowest BCUT2D eigenvalue weighted by molar-refractivity contribution is 0.0373. The fourth-order valence-electron chi connectivity index (χ4n) is 3.21. The van der Waals surface area contributed by atoms with E-state index in [0.717, 1.165) is 22.1 Å². The standard InChI is InChI=1S/C24H18ClNO3/c1-28-18-12-10-17(11-13-18)23(29-24(27)20-8-4-5-9-21(20)25)22-19-7-3-2-6-16(19)14-15-26-22/h2-15,23H,1H3/t23-/m1/s1. The fourth-order valence-corrected chi connectivity index (χ4v) is 3.42. The summed E-state index contributed by atoms with van der Waals surface area (Å²) in [6, 6.07) is 24.0. The Hall–Kier alpha value is -3.37. The smallest absolute Gasteiger partial charge is 0.340 e. The van der Waals surface area contributed by atoms with Crippen LogP contribution < -0.4 is 4.74 Å². The molecule has 0 aliphatic heterocycles. The van der Waals surface area contributed by atoms with Crippen LogP contribution in [0.25, 0.3) is 10.8 Å². The summed E-state index contributed by atoms with van der Waals surface area (Å²) >= 11 is 6.20. The molecule has 1 atom stereocenters. The number of carbonyl (C=O) groups excluding carboxylic acids is 1. The van der Waals surface area contributed by atoms with Crippen molar-refractivity contribution in [3.8, 4) is 5.75 Å². The highest BCUT2D eigenvalue weighted by atomic mass is 35.5. The summed E-state index contributed by atoms with van der Waals surface area (Å²) < 4.78 is 11.2. The first-order chi connectivity index (χ1) is 14.2. The number of hydrogen-bond donors (Lipinski definition) is 0. The number of aromatic nitrogens is 1. The van der Waals surface area contributed by atoms with Crippen molar-refractivity contribution in [2.75, 3.05) is 7.11 Å². The fraction of sp³-hybridized carbons (Fsp3) is 0.0833.